The van der Waals surface area contributed by atoms with Gasteiger partial charge in [0.25, 0.3) is 0 Å². The van der Waals surface area contributed by atoms with E-state index in [0.717, 1.165) is 24.9 Å². The first kappa shape index (κ1) is 11.1. The molecule has 1 aliphatic rings. The summed E-state index contributed by atoms with van der Waals surface area (Å²) in [7, 11) is 2.01. The Hall–Kier alpha value is -1.35. The fourth-order valence-electron chi connectivity index (χ4n) is 2.14. The van der Waals surface area contributed by atoms with Gasteiger partial charge in [-0.25, -0.2) is 0 Å². The van der Waals surface area contributed by atoms with Gasteiger partial charge in [-0.15, -0.1) is 0 Å². The Morgan fingerprint density at radius 3 is 2.81 bits per heavy atom. The highest BCUT2D eigenvalue weighted by atomic mass is 16.2. The summed E-state index contributed by atoms with van der Waals surface area (Å²) in [5.41, 5.74) is 1.15. The van der Waals surface area contributed by atoms with Gasteiger partial charge in [-0.05, 0) is 32.0 Å². The van der Waals surface area contributed by atoms with Crippen LogP contribution in [0.3, 0.4) is 0 Å². The van der Waals surface area contributed by atoms with Crippen LogP contribution < -0.4 is 5.32 Å². The van der Waals surface area contributed by atoms with Gasteiger partial charge >= 0.3 is 0 Å². The predicted octanol–water partition coefficient (Wildman–Crippen LogP) is 1.40. The van der Waals surface area contributed by atoms with Crippen LogP contribution in [-0.4, -0.2) is 30.4 Å². The number of carbonyl (C=O) groups excluding carboxylic acids is 1. The van der Waals surface area contributed by atoms with Crippen molar-refractivity contribution >= 4 is 5.91 Å². The SMILES string of the molecule is CN1CCCC1C(=O)NCc1ccccc1. The fourth-order valence-corrected chi connectivity index (χ4v) is 2.14. The zero-order chi connectivity index (χ0) is 11.4. The van der Waals surface area contributed by atoms with Gasteiger partial charge in [0.15, 0.2) is 0 Å². The molecule has 0 aliphatic carbocycles. The minimum absolute atomic E-state index is 0.0729. The predicted molar refractivity (Wildman–Crippen MR) is 63.9 cm³/mol. The first-order valence-corrected chi connectivity index (χ1v) is 5.79. The zero-order valence-corrected chi connectivity index (χ0v) is 9.65. The normalized spacial score (nSPS) is 20.9. The summed E-state index contributed by atoms with van der Waals surface area (Å²) in [6.45, 7) is 1.66. The number of amides is 1. The lowest BCUT2D eigenvalue weighted by atomic mass is 10.2. The highest BCUT2D eigenvalue weighted by Gasteiger charge is 2.27. The molecule has 1 aromatic carbocycles. The molecule has 1 heterocycles. The zero-order valence-electron chi connectivity index (χ0n) is 9.65. The van der Waals surface area contributed by atoms with Crippen molar-refractivity contribution < 1.29 is 4.79 Å². The van der Waals surface area contributed by atoms with E-state index in [0.29, 0.717) is 6.54 Å². The molecule has 1 N–H and O–H groups in total. The van der Waals surface area contributed by atoms with E-state index in [2.05, 4.69) is 10.2 Å². The molecule has 0 spiro atoms. The smallest absolute Gasteiger partial charge is 0.237 e. The molecule has 1 aromatic rings. The van der Waals surface area contributed by atoms with Crippen LogP contribution in [0.1, 0.15) is 18.4 Å². The van der Waals surface area contributed by atoms with E-state index in [9.17, 15) is 4.79 Å². The average molecular weight is 218 g/mol. The summed E-state index contributed by atoms with van der Waals surface area (Å²) >= 11 is 0. The molecule has 86 valence electrons. The largest absolute Gasteiger partial charge is 0.351 e. The van der Waals surface area contributed by atoms with Gasteiger partial charge in [-0.3, -0.25) is 9.69 Å². The highest BCUT2D eigenvalue weighted by molar-refractivity contribution is 5.81. The van der Waals surface area contributed by atoms with E-state index in [4.69, 9.17) is 0 Å². The van der Waals surface area contributed by atoms with E-state index in [1.807, 2.05) is 37.4 Å². The molecule has 2 rings (SSSR count). The van der Waals surface area contributed by atoms with Crippen molar-refractivity contribution in [3.63, 3.8) is 0 Å². The fraction of sp³-hybridized carbons (Fsp3) is 0.462. The molecule has 0 saturated carbocycles. The van der Waals surface area contributed by atoms with Crippen LogP contribution in [-0.2, 0) is 11.3 Å². The summed E-state index contributed by atoms with van der Waals surface area (Å²) < 4.78 is 0. The van der Waals surface area contributed by atoms with Crippen LogP contribution in [0.25, 0.3) is 0 Å². The monoisotopic (exact) mass is 218 g/mol. The molecule has 1 atom stereocenters. The number of carbonyl (C=O) groups is 1. The summed E-state index contributed by atoms with van der Waals surface area (Å²) in [6, 6.07) is 10.1. The average Bonchev–Trinajstić information content (AvgIpc) is 2.74. The number of hydrogen-bond acceptors (Lipinski definition) is 2. The Bertz CT molecular complexity index is 350. The van der Waals surface area contributed by atoms with E-state index < -0.39 is 0 Å². The van der Waals surface area contributed by atoms with Crippen molar-refractivity contribution in [1.82, 2.24) is 10.2 Å². The quantitative estimate of drug-likeness (QED) is 0.831. The number of nitrogens with zero attached hydrogens (tertiary/aromatic N) is 1. The molecular formula is C13H18N2O. The molecule has 0 bridgehead atoms. The third-order valence-electron chi connectivity index (χ3n) is 3.13. The molecule has 16 heavy (non-hydrogen) atoms. The maximum atomic E-state index is 11.9. The number of likely N-dealkylation sites (N-methyl/N-ethyl adjacent to an activating group) is 1. The van der Waals surface area contributed by atoms with Gasteiger partial charge in [0.1, 0.15) is 0 Å². The minimum atomic E-state index is 0.0729. The number of benzene rings is 1. The minimum Gasteiger partial charge on any atom is -0.351 e. The maximum absolute atomic E-state index is 11.9. The summed E-state index contributed by atoms with van der Waals surface area (Å²) in [6.07, 6.45) is 2.11. The van der Waals surface area contributed by atoms with Gasteiger partial charge in [-0.2, -0.15) is 0 Å². The Morgan fingerprint density at radius 2 is 2.19 bits per heavy atom. The third-order valence-corrected chi connectivity index (χ3v) is 3.13. The molecule has 3 heteroatoms. The Labute approximate surface area is 96.5 Å². The lowest BCUT2D eigenvalue weighted by molar-refractivity contribution is -0.125. The van der Waals surface area contributed by atoms with Gasteiger partial charge in [0.2, 0.25) is 5.91 Å². The van der Waals surface area contributed by atoms with E-state index in [1.165, 1.54) is 0 Å². The van der Waals surface area contributed by atoms with Crippen LogP contribution in [0, 0.1) is 0 Å². The number of nitrogens with one attached hydrogen (secondary N) is 1. The van der Waals surface area contributed by atoms with E-state index in [-0.39, 0.29) is 11.9 Å². The standard InChI is InChI=1S/C13H18N2O/c1-15-9-5-8-12(15)13(16)14-10-11-6-3-2-4-7-11/h2-4,6-7,12H,5,8-10H2,1H3,(H,14,16). The number of likely N-dealkylation sites (tertiary alicyclic amines) is 1. The van der Waals surface area contributed by atoms with E-state index in [1.54, 1.807) is 0 Å². The Morgan fingerprint density at radius 1 is 1.44 bits per heavy atom. The molecule has 1 unspecified atom stereocenters. The molecule has 3 nitrogen and oxygen atoms in total. The summed E-state index contributed by atoms with van der Waals surface area (Å²) in [5, 5.41) is 2.99. The first-order chi connectivity index (χ1) is 7.77. The topological polar surface area (TPSA) is 32.3 Å². The van der Waals surface area contributed by atoms with E-state index >= 15 is 0 Å². The van der Waals surface area contributed by atoms with Gasteiger partial charge in [0.05, 0.1) is 6.04 Å². The van der Waals surface area contributed by atoms with Crippen LogP contribution in [0.15, 0.2) is 30.3 Å². The maximum Gasteiger partial charge on any atom is 0.237 e. The third kappa shape index (κ3) is 2.61. The van der Waals surface area contributed by atoms with Crippen LogP contribution >= 0.6 is 0 Å². The van der Waals surface area contributed by atoms with Crippen LogP contribution in [0.4, 0.5) is 0 Å². The van der Waals surface area contributed by atoms with Gasteiger partial charge < -0.3 is 5.32 Å². The Balaban J connectivity index is 1.84. The van der Waals surface area contributed by atoms with Crippen molar-refractivity contribution in [3.8, 4) is 0 Å². The number of hydrogen-bond donors (Lipinski definition) is 1. The van der Waals surface area contributed by atoms with Crippen molar-refractivity contribution in [2.45, 2.75) is 25.4 Å². The second kappa shape index (κ2) is 5.12. The number of rotatable bonds is 3. The lowest BCUT2D eigenvalue weighted by Crippen LogP contribution is -2.41. The van der Waals surface area contributed by atoms with Crippen LogP contribution in [0.5, 0.6) is 0 Å². The van der Waals surface area contributed by atoms with Crippen LogP contribution in [0.2, 0.25) is 0 Å². The molecule has 1 aliphatic heterocycles. The van der Waals surface area contributed by atoms with Crippen molar-refractivity contribution in [2.24, 2.45) is 0 Å². The second-order valence-electron chi connectivity index (χ2n) is 4.34. The molecule has 1 amide bonds. The molecule has 1 fully saturated rings. The Kier molecular flexibility index (Phi) is 3.57. The molecule has 1 saturated heterocycles. The molecule has 0 radical (unpaired) electrons. The molecular weight excluding hydrogens is 200 g/mol. The van der Waals surface area contributed by atoms with Gasteiger partial charge in [-0.1, -0.05) is 30.3 Å². The second-order valence-corrected chi connectivity index (χ2v) is 4.34. The van der Waals surface area contributed by atoms with Crippen molar-refractivity contribution in [1.29, 1.82) is 0 Å². The molecule has 0 aromatic heterocycles. The lowest BCUT2D eigenvalue weighted by Gasteiger charge is -2.18. The first-order valence-electron chi connectivity index (χ1n) is 5.79. The summed E-state index contributed by atoms with van der Waals surface area (Å²) in [4.78, 5) is 14.0. The highest BCUT2D eigenvalue weighted by Crippen LogP contribution is 2.14. The van der Waals surface area contributed by atoms with Crippen molar-refractivity contribution in [2.75, 3.05) is 13.6 Å². The summed E-state index contributed by atoms with van der Waals surface area (Å²) in [5.74, 6) is 0.156. The van der Waals surface area contributed by atoms with Gasteiger partial charge in [0, 0.05) is 6.54 Å². The van der Waals surface area contributed by atoms with Crippen molar-refractivity contribution in [3.05, 3.63) is 35.9 Å².